The van der Waals surface area contributed by atoms with Crippen molar-refractivity contribution in [3.8, 4) is 0 Å². The molecule has 0 radical (unpaired) electrons. The van der Waals surface area contributed by atoms with E-state index in [-0.39, 0.29) is 18.2 Å². The molecule has 0 bridgehead atoms. The highest BCUT2D eigenvalue weighted by atomic mass is 19.1. The summed E-state index contributed by atoms with van der Waals surface area (Å²) in [5, 5.41) is 2.56. The van der Waals surface area contributed by atoms with Gasteiger partial charge in [0.05, 0.1) is 7.11 Å². The Labute approximate surface area is 112 Å². The van der Waals surface area contributed by atoms with Crippen LogP contribution < -0.4 is 5.32 Å². The van der Waals surface area contributed by atoms with Gasteiger partial charge in [0.15, 0.2) is 0 Å². The fourth-order valence-corrected chi connectivity index (χ4v) is 1.56. The molecule has 19 heavy (non-hydrogen) atoms. The molecular weight excluding hydrogens is 249 g/mol. The quantitative estimate of drug-likeness (QED) is 0.826. The number of rotatable bonds is 5. The lowest BCUT2D eigenvalue weighted by molar-refractivity contribution is -0.145. The molecule has 0 heterocycles. The smallest absolute Gasteiger partial charge is 0.328 e. The van der Waals surface area contributed by atoms with Gasteiger partial charge >= 0.3 is 5.97 Å². The molecule has 4 nitrogen and oxygen atoms in total. The fraction of sp³-hybridized carbons (Fsp3) is 0.429. The number of hydrogen-bond acceptors (Lipinski definition) is 3. The lowest BCUT2D eigenvalue weighted by Gasteiger charge is -2.18. The summed E-state index contributed by atoms with van der Waals surface area (Å²) in [6.45, 7) is 3.43. The molecule has 1 rings (SSSR count). The van der Waals surface area contributed by atoms with E-state index in [4.69, 9.17) is 0 Å². The van der Waals surface area contributed by atoms with Crippen molar-refractivity contribution >= 4 is 11.9 Å². The first kappa shape index (κ1) is 15.1. The third-order valence-electron chi connectivity index (χ3n) is 2.71. The van der Waals surface area contributed by atoms with Crippen molar-refractivity contribution in [3.05, 3.63) is 35.6 Å². The second-order valence-corrected chi connectivity index (χ2v) is 4.53. The molecule has 5 heteroatoms. The van der Waals surface area contributed by atoms with Gasteiger partial charge in [0, 0.05) is 12.3 Å². The van der Waals surface area contributed by atoms with Crippen LogP contribution in [0.3, 0.4) is 0 Å². The Morgan fingerprint density at radius 1 is 1.32 bits per heavy atom. The van der Waals surface area contributed by atoms with Gasteiger partial charge in [0.1, 0.15) is 11.9 Å². The molecule has 1 amide bonds. The minimum Gasteiger partial charge on any atom is -0.467 e. The van der Waals surface area contributed by atoms with Crippen LogP contribution in [0.2, 0.25) is 0 Å². The van der Waals surface area contributed by atoms with Crippen LogP contribution in [0.15, 0.2) is 24.3 Å². The van der Waals surface area contributed by atoms with E-state index in [1.807, 2.05) is 0 Å². The summed E-state index contributed by atoms with van der Waals surface area (Å²) < 4.78 is 18.2. The van der Waals surface area contributed by atoms with Crippen molar-refractivity contribution < 1.29 is 18.7 Å². The van der Waals surface area contributed by atoms with Gasteiger partial charge in [-0.1, -0.05) is 32.0 Å². The van der Waals surface area contributed by atoms with Crippen LogP contribution in [0, 0.1) is 11.7 Å². The zero-order valence-electron chi connectivity index (χ0n) is 11.3. The number of methoxy groups -OCH3 is 1. The number of esters is 1. The SMILES string of the molecule is COC(=O)[C@H](Cc1ccccc1F)NC(=O)C(C)C. The lowest BCUT2D eigenvalue weighted by atomic mass is 10.0. The summed E-state index contributed by atoms with van der Waals surface area (Å²) in [4.78, 5) is 23.3. The first-order chi connectivity index (χ1) is 8.95. The van der Waals surface area contributed by atoms with Crippen molar-refractivity contribution in [2.24, 2.45) is 5.92 Å². The van der Waals surface area contributed by atoms with Crippen molar-refractivity contribution in [2.45, 2.75) is 26.3 Å². The first-order valence-corrected chi connectivity index (χ1v) is 6.07. The number of carbonyl (C=O) groups is 2. The molecule has 0 fully saturated rings. The minimum absolute atomic E-state index is 0.0673. The van der Waals surface area contributed by atoms with Gasteiger partial charge in [-0.3, -0.25) is 4.79 Å². The van der Waals surface area contributed by atoms with E-state index in [1.165, 1.54) is 13.2 Å². The monoisotopic (exact) mass is 267 g/mol. The molecule has 0 aliphatic carbocycles. The lowest BCUT2D eigenvalue weighted by Crippen LogP contribution is -2.44. The van der Waals surface area contributed by atoms with Crippen molar-refractivity contribution in [2.75, 3.05) is 7.11 Å². The second-order valence-electron chi connectivity index (χ2n) is 4.53. The average Bonchev–Trinajstić information content (AvgIpc) is 2.39. The molecule has 0 aliphatic rings. The predicted molar refractivity (Wildman–Crippen MR) is 68.9 cm³/mol. The highest BCUT2D eigenvalue weighted by Gasteiger charge is 2.24. The Kier molecular flexibility index (Phi) is 5.48. The molecule has 1 aromatic carbocycles. The van der Waals surface area contributed by atoms with Crippen molar-refractivity contribution in [3.63, 3.8) is 0 Å². The molecule has 0 spiro atoms. The van der Waals surface area contributed by atoms with Gasteiger partial charge in [-0.25, -0.2) is 9.18 Å². The summed E-state index contributed by atoms with van der Waals surface area (Å²) >= 11 is 0. The Balaban J connectivity index is 2.84. The van der Waals surface area contributed by atoms with Crippen LogP contribution in [-0.2, 0) is 20.7 Å². The van der Waals surface area contributed by atoms with E-state index >= 15 is 0 Å². The number of nitrogens with one attached hydrogen (secondary N) is 1. The molecule has 0 saturated carbocycles. The second kappa shape index (κ2) is 6.87. The molecule has 104 valence electrons. The van der Waals surface area contributed by atoms with Gasteiger partial charge in [0.2, 0.25) is 5.91 Å². The van der Waals surface area contributed by atoms with E-state index in [1.54, 1.807) is 32.0 Å². The maximum atomic E-state index is 13.5. The third-order valence-corrected chi connectivity index (χ3v) is 2.71. The molecular formula is C14H18FNO3. The molecule has 1 aromatic rings. The zero-order chi connectivity index (χ0) is 14.4. The van der Waals surface area contributed by atoms with Crippen LogP contribution in [0.4, 0.5) is 4.39 Å². The van der Waals surface area contributed by atoms with E-state index in [2.05, 4.69) is 10.1 Å². The van der Waals surface area contributed by atoms with E-state index in [9.17, 15) is 14.0 Å². The Bertz CT molecular complexity index is 460. The average molecular weight is 267 g/mol. The molecule has 1 atom stereocenters. The number of ether oxygens (including phenoxy) is 1. The Hall–Kier alpha value is -1.91. The van der Waals surface area contributed by atoms with Crippen LogP contribution >= 0.6 is 0 Å². The Morgan fingerprint density at radius 2 is 1.95 bits per heavy atom. The largest absolute Gasteiger partial charge is 0.467 e. The van der Waals surface area contributed by atoms with E-state index in [0.717, 1.165) is 0 Å². The summed E-state index contributed by atoms with van der Waals surface area (Å²) in [5.74, 6) is -1.52. The molecule has 1 N–H and O–H groups in total. The maximum Gasteiger partial charge on any atom is 0.328 e. The summed E-state index contributed by atoms with van der Waals surface area (Å²) in [7, 11) is 1.23. The van der Waals surface area contributed by atoms with Gasteiger partial charge in [-0.05, 0) is 11.6 Å². The van der Waals surface area contributed by atoms with Crippen LogP contribution in [0.1, 0.15) is 19.4 Å². The molecule has 0 unspecified atom stereocenters. The van der Waals surface area contributed by atoms with E-state index in [0.29, 0.717) is 5.56 Å². The number of amides is 1. The number of hydrogen-bond donors (Lipinski definition) is 1. The number of halogens is 1. The van der Waals surface area contributed by atoms with Crippen molar-refractivity contribution in [1.82, 2.24) is 5.32 Å². The van der Waals surface area contributed by atoms with Crippen LogP contribution in [0.25, 0.3) is 0 Å². The van der Waals surface area contributed by atoms with Gasteiger partial charge in [0.25, 0.3) is 0 Å². The number of carbonyl (C=O) groups excluding carboxylic acids is 2. The minimum atomic E-state index is -0.878. The third kappa shape index (κ3) is 4.35. The highest BCUT2D eigenvalue weighted by molar-refractivity contribution is 5.85. The highest BCUT2D eigenvalue weighted by Crippen LogP contribution is 2.10. The van der Waals surface area contributed by atoms with Crippen molar-refractivity contribution in [1.29, 1.82) is 0 Å². The topological polar surface area (TPSA) is 55.4 Å². The summed E-state index contributed by atoms with van der Waals surface area (Å²) in [5.41, 5.74) is 0.363. The van der Waals surface area contributed by atoms with Gasteiger partial charge < -0.3 is 10.1 Å². The summed E-state index contributed by atoms with van der Waals surface area (Å²) in [6.07, 6.45) is 0.0673. The Morgan fingerprint density at radius 3 is 2.47 bits per heavy atom. The number of benzene rings is 1. The molecule has 0 aromatic heterocycles. The van der Waals surface area contributed by atoms with E-state index < -0.39 is 17.8 Å². The predicted octanol–water partition coefficient (Wildman–Crippen LogP) is 1.68. The van der Waals surface area contributed by atoms with Gasteiger partial charge in [-0.15, -0.1) is 0 Å². The van der Waals surface area contributed by atoms with Crippen LogP contribution in [0.5, 0.6) is 0 Å². The fourth-order valence-electron chi connectivity index (χ4n) is 1.56. The van der Waals surface area contributed by atoms with Crippen LogP contribution in [-0.4, -0.2) is 25.0 Å². The summed E-state index contributed by atoms with van der Waals surface area (Å²) in [6, 6.07) is 5.26. The molecule has 0 saturated heterocycles. The standard InChI is InChI=1S/C14H18FNO3/c1-9(2)13(17)16-12(14(18)19-3)8-10-6-4-5-7-11(10)15/h4-7,9,12H,8H2,1-3H3,(H,16,17)/t12-/m0/s1. The van der Waals surface area contributed by atoms with Gasteiger partial charge in [-0.2, -0.15) is 0 Å². The maximum absolute atomic E-state index is 13.5. The zero-order valence-corrected chi connectivity index (χ0v) is 11.3. The molecule has 0 aliphatic heterocycles. The normalized spacial score (nSPS) is 12.1. The first-order valence-electron chi connectivity index (χ1n) is 6.07.